The summed E-state index contributed by atoms with van der Waals surface area (Å²) in [5.41, 5.74) is 5.17. The van der Waals surface area contributed by atoms with Crippen molar-refractivity contribution in [3.05, 3.63) is 67.4 Å². The maximum atomic E-state index is 11.8. The molecule has 0 saturated heterocycles. The molecule has 0 amide bonds. The molecule has 1 aromatic heterocycles. The Bertz CT molecular complexity index is 1070. The number of halogens is 2. The Morgan fingerprint density at radius 3 is 2.42 bits per heavy atom. The molecule has 0 saturated carbocycles. The van der Waals surface area contributed by atoms with Crippen LogP contribution in [0.1, 0.15) is 0 Å². The van der Waals surface area contributed by atoms with Crippen molar-refractivity contribution >= 4 is 28.9 Å². The van der Waals surface area contributed by atoms with E-state index in [9.17, 15) is 9.59 Å². The van der Waals surface area contributed by atoms with Gasteiger partial charge in [-0.3, -0.25) is 9.78 Å². The Hall–Kier alpha value is -2.97. The fourth-order valence-electron chi connectivity index (χ4n) is 2.20. The van der Waals surface area contributed by atoms with E-state index in [0.717, 1.165) is 10.9 Å². The van der Waals surface area contributed by atoms with Crippen LogP contribution in [0.3, 0.4) is 0 Å². The second-order valence-electron chi connectivity index (χ2n) is 5.10. The van der Waals surface area contributed by atoms with Gasteiger partial charge < -0.3 is 15.2 Å². The van der Waals surface area contributed by atoms with E-state index >= 15 is 0 Å². The summed E-state index contributed by atoms with van der Waals surface area (Å²) in [5.74, 6) is 1.09. The minimum Gasteiger partial charge on any atom is -0.495 e. The zero-order valence-corrected chi connectivity index (χ0v) is 14.8. The van der Waals surface area contributed by atoms with Crippen LogP contribution in [0.5, 0.6) is 17.2 Å². The number of anilines is 1. The highest BCUT2D eigenvalue weighted by Gasteiger charge is 2.14. The van der Waals surface area contributed by atoms with Crippen molar-refractivity contribution in [2.24, 2.45) is 0 Å². The highest BCUT2D eigenvalue weighted by molar-refractivity contribution is 6.37. The Morgan fingerprint density at radius 1 is 1.15 bits per heavy atom. The molecule has 0 atom stereocenters. The Balaban J connectivity index is 1.99. The number of nitrogen functional groups attached to an aromatic ring is 1. The lowest BCUT2D eigenvalue weighted by Gasteiger charge is -2.13. The molecule has 2 aromatic carbocycles. The van der Waals surface area contributed by atoms with Crippen molar-refractivity contribution < 1.29 is 9.47 Å². The third-order valence-electron chi connectivity index (χ3n) is 3.36. The van der Waals surface area contributed by atoms with Crippen LogP contribution in [0.4, 0.5) is 5.69 Å². The standard InChI is InChI=1S/C16H12Cl2N4O4/c1-25-13-3-2-9(6-12(13)19)26-15-10(17)4-8(5-11(15)18)22-16(24)21-14(23)7-20-22/h2-7H,19H2,1H3,(H,21,23,24). The number of hydrogen-bond donors (Lipinski definition) is 2. The van der Waals surface area contributed by atoms with E-state index in [-0.39, 0.29) is 21.5 Å². The van der Waals surface area contributed by atoms with Crippen molar-refractivity contribution in [3.63, 3.8) is 0 Å². The number of benzene rings is 2. The summed E-state index contributed by atoms with van der Waals surface area (Å²) in [6, 6.07) is 7.71. The molecule has 0 bridgehead atoms. The molecule has 0 aliphatic rings. The van der Waals surface area contributed by atoms with Gasteiger partial charge in [-0.05, 0) is 24.3 Å². The van der Waals surface area contributed by atoms with Gasteiger partial charge in [-0.1, -0.05) is 23.2 Å². The second kappa shape index (κ2) is 7.11. The molecule has 10 heteroatoms. The summed E-state index contributed by atoms with van der Waals surface area (Å²) < 4.78 is 11.7. The molecule has 1 heterocycles. The van der Waals surface area contributed by atoms with Crippen LogP contribution in [0, 0.1) is 0 Å². The number of nitrogens with two attached hydrogens (primary N) is 1. The van der Waals surface area contributed by atoms with Crippen LogP contribution in [-0.4, -0.2) is 21.9 Å². The van der Waals surface area contributed by atoms with Crippen molar-refractivity contribution in [3.8, 4) is 22.9 Å². The second-order valence-corrected chi connectivity index (χ2v) is 5.91. The minimum atomic E-state index is -0.721. The van der Waals surface area contributed by atoms with Crippen molar-refractivity contribution in [2.45, 2.75) is 0 Å². The first kappa shape index (κ1) is 17.8. The minimum absolute atomic E-state index is 0.141. The first-order valence-electron chi connectivity index (χ1n) is 7.18. The molecule has 134 valence electrons. The lowest BCUT2D eigenvalue weighted by Crippen LogP contribution is -2.30. The topological polar surface area (TPSA) is 112 Å². The van der Waals surface area contributed by atoms with Gasteiger partial charge in [-0.25, -0.2) is 4.79 Å². The van der Waals surface area contributed by atoms with Gasteiger partial charge in [-0.15, -0.1) is 0 Å². The lowest BCUT2D eigenvalue weighted by molar-refractivity contribution is 0.415. The number of rotatable bonds is 4. The van der Waals surface area contributed by atoms with E-state index in [2.05, 4.69) is 10.1 Å². The molecule has 3 N–H and O–H groups in total. The Morgan fingerprint density at radius 2 is 1.85 bits per heavy atom. The molecule has 0 radical (unpaired) electrons. The number of nitrogens with one attached hydrogen (secondary N) is 1. The van der Waals surface area contributed by atoms with Gasteiger partial charge in [-0.2, -0.15) is 9.78 Å². The molecule has 0 aliphatic carbocycles. The number of H-pyrrole nitrogens is 1. The number of aromatic amines is 1. The van der Waals surface area contributed by atoms with E-state index in [1.54, 1.807) is 18.2 Å². The third kappa shape index (κ3) is 3.51. The summed E-state index contributed by atoms with van der Waals surface area (Å²) in [6.07, 6.45) is 0.966. The normalized spacial score (nSPS) is 10.6. The fourth-order valence-corrected chi connectivity index (χ4v) is 2.75. The first-order valence-corrected chi connectivity index (χ1v) is 7.94. The van der Waals surface area contributed by atoms with Crippen LogP contribution in [0.15, 0.2) is 46.1 Å². The third-order valence-corrected chi connectivity index (χ3v) is 3.92. The average Bonchev–Trinajstić information content (AvgIpc) is 2.58. The number of hydrogen-bond acceptors (Lipinski definition) is 6. The predicted molar refractivity (Wildman–Crippen MR) is 98.0 cm³/mol. The van der Waals surface area contributed by atoms with E-state index in [1.165, 1.54) is 19.2 Å². The summed E-state index contributed by atoms with van der Waals surface area (Å²) in [4.78, 5) is 25.0. The molecular weight excluding hydrogens is 383 g/mol. The largest absolute Gasteiger partial charge is 0.495 e. The number of ether oxygens (including phenoxy) is 2. The highest BCUT2D eigenvalue weighted by Crippen LogP contribution is 2.39. The van der Waals surface area contributed by atoms with Crippen LogP contribution < -0.4 is 26.5 Å². The summed E-state index contributed by atoms with van der Waals surface area (Å²) in [7, 11) is 1.51. The highest BCUT2D eigenvalue weighted by atomic mass is 35.5. The van der Waals surface area contributed by atoms with Gasteiger partial charge in [0, 0.05) is 6.07 Å². The Kier molecular flexibility index (Phi) is 4.88. The maximum absolute atomic E-state index is 11.8. The Labute approximate surface area is 156 Å². The van der Waals surface area contributed by atoms with Gasteiger partial charge in [0.1, 0.15) is 17.7 Å². The zero-order valence-electron chi connectivity index (χ0n) is 13.3. The van der Waals surface area contributed by atoms with Crippen LogP contribution in [0.25, 0.3) is 5.69 Å². The molecule has 0 spiro atoms. The first-order chi connectivity index (χ1) is 12.4. The average molecular weight is 395 g/mol. The molecule has 8 nitrogen and oxygen atoms in total. The smallest absolute Gasteiger partial charge is 0.349 e. The van der Waals surface area contributed by atoms with Crippen molar-refractivity contribution in [1.29, 1.82) is 0 Å². The fraction of sp³-hybridized carbons (Fsp3) is 0.0625. The SMILES string of the molecule is COc1ccc(Oc2c(Cl)cc(-n3ncc(=O)[nH]c3=O)cc2Cl)cc1N. The van der Waals surface area contributed by atoms with Gasteiger partial charge in [0.15, 0.2) is 5.75 Å². The van der Waals surface area contributed by atoms with E-state index in [0.29, 0.717) is 17.2 Å². The molecule has 0 unspecified atom stereocenters. The van der Waals surface area contributed by atoms with E-state index < -0.39 is 11.2 Å². The van der Waals surface area contributed by atoms with Gasteiger partial charge >= 0.3 is 5.69 Å². The molecular formula is C16H12Cl2N4O4. The summed E-state index contributed by atoms with van der Waals surface area (Å²) in [5, 5.41) is 4.03. The number of nitrogens with zero attached hydrogens (tertiary/aromatic N) is 2. The monoisotopic (exact) mass is 394 g/mol. The predicted octanol–water partition coefficient (Wildman–Crippen LogP) is 2.61. The van der Waals surface area contributed by atoms with Crippen LogP contribution in [-0.2, 0) is 0 Å². The molecule has 3 aromatic rings. The number of aromatic nitrogens is 3. The van der Waals surface area contributed by atoms with Crippen LogP contribution in [0.2, 0.25) is 10.0 Å². The quantitative estimate of drug-likeness (QED) is 0.657. The maximum Gasteiger partial charge on any atom is 0.349 e. The van der Waals surface area contributed by atoms with Gasteiger partial charge in [0.2, 0.25) is 0 Å². The molecule has 26 heavy (non-hydrogen) atoms. The number of methoxy groups -OCH3 is 1. The van der Waals surface area contributed by atoms with Crippen LogP contribution >= 0.6 is 23.2 Å². The molecule has 3 rings (SSSR count). The van der Waals surface area contributed by atoms with Gasteiger partial charge in [0.05, 0.1) is 28.5 Å². The van der Waals surface area contributed by atoms with E-state index in [4.69, 9.17) is 38.4 Å². The molecule has 0 fully saturated rings. The summed E-state index contributed by atoms with van der Waals surface area (Å²) >= 11 is 12.5. The van der Waals surface area contributed by atoms with Crippen molar-refractivity contribution in [2.75, 3.05) is 12.8 Å². The zero-order chi connectivity index (χ0) is 18.8. The van der Waals surface area contributed by atoms with Crippen molar-refractivity contribution in [1.82, 2.24) is 14.8 Å². The molecule has 0 aliphatic heterocycles. The van der Waals surface area contributed by atoms with E-state index in [1.807, 2.05) is 0 Å². The lowest BCUT2D eigenvalue weighted by atomic mass is 10.2. The van der Waals surface area contributed by atoms with Gasteiger partial charge in [0.25, 0.3) is 5.56 Å². The summed E-state index contributed by atoms with van der Waals surface area (Å²) in [6.45, 7) is 0.